The average Bonchev–Trinajstić information content (AvgIpc) is 2.97. The molecule has 0 bridgehead atoms. The van der Waals surface area contributed by atoms with E-state index in [0.29, 0.717) is 28.8 Å². The molecule has 0 unspecified atom stereocenters. The molecule has 8 heteroatoms. The molecular weight excluding hydrogens is 391 g/mol. The van der Waals surface area contributed by atoms with Crippen LogP contribution in [-0.2, 0) is 6.54 Å². The Morgan fingerprint density at radius 2 is 1.79 bits per heavy atom. The van der Waals surface area contributed by atoms with Crippen LogP contribution in [0.4, 0.5) is 15.8 Å². The minimum atomic E-state index is -0.256. The molecule has 0 aliphatic heterocycles. The summed E-state index contributed by atoms with van der Waals surface area (Å²) in [5.74, 6) is 1.08. The fraction of sp³-hybridized carbons (Fsp3) is 0.238. The maximum absolute atomic E-state index is 13.1. The van der Waals surface area contributed by atoms with Crippen molar-refractivity contribution in [2.45, 2.75) is 20.4 Å². The molecule has 2 aromatic carbocycles. The van der Waals surface area contributed by atoms with Crippen LogP contribution < -0.4 is 20.1 Å². The lowest BCUT2D eigenvalue weighted by Crippen LogP contribution is -2.20. The van der Waals surface area contributed by atoms with Gasteiger partial charge in [0.05, 0.1) is 43.5 Å². The first-order chi connectivity index (χ1) is 13.9. The van der Waals surface area contributed by atoms with Gasteiger partial charge in [-0.25, -0.2) is 4.39 Å². The second-order valence-electron chi connectivity index (χ2n) is 6.48. The molecule has 29 heavy (non-hydrogen) atoms. The number of nitrogens with zero attached hydrogens (tertiary/aromatic N) is 2. The molecule has 6 nitrogen and oxygen atoms in total. The number of thiocarbonyl (C=S) groups is 1. The summed E-state index contributed by atoms with van der Waals surface area (Å²) in [6.45, 7) is 4.41. The van der Waals surface area contributed by atoms with Gasteiger partial charge >= 0.3 is 0 Å². The maximum atomic E-state index is 13.1. The second kappa shape index (κ2) is 8.91. The third kappa shape index (κ3) is 4.83. The average molecular weight is 415 g/mol. The Hall–Kier alpha value is -3.13. The molecule has 0 aliphatic carbocycles. The SMILES string of the molecule is COc1ccc(OC)c(NC(=S)Nc2c(C)nn(Cc3ccc(F)cc3)c2C)c1. The number of aryl methyl sites for hydroxylation is 1. The van der Waals surface area contributed by atoms with Gasteiger partial charge in [0.25, 0.3) is 0 Å². The van der Waals surface area contributed by atoms with Gasteiger partial charge in [-0.15, -0.1) is 0 Å². The monoisotopic (exact) mass is 414 g/mol. The number of rotatable bonds is 6. The van der Waals surface area contributed by atoms with Crippen molar-refractivity contribution in [3.8, 4) is 11.5 Å². The summed E-state index contributed by atoms with van der Waals surface area (Å²) in [4.78, 5) is 0. The fourth-order valence-electron chi connectivity index (χ4n) is 2.97. The summed E-state index contributed by atoms with van der Waals surface area (Å²) >= 11 is 5.48. The summed E-state index contributed by atoms with van der Waals surface area (Å²) in [6.07, 6.45) is 0. The van der Waals surface area contributed by atoms with Crippen LogP contribution >= 0.6 is 12.2 Å². The van der Waals surface area contributed by atoms with Crippen LogP contribution in [-0.4, -0.2) is 29.1 Å². The van der Waals surface area contributed by atoms with E-state index in [1.165, 1.54) is 12.1 Å². The molecule has 0 spiro atoms. The first kappa shape index (κ1) is 20.6. The molecule has 0 amide bonds. The Kier molecular flexibility index (Phi) is 6.33. The number of anilines is 2. The zero-order chi connectivity index (χ0) is 21.0. The zero-order valence-electron chi connectivity index (χ0n) is 16.7. The van der Waals surface area contributed by atoms with Crippen LogP contribution in [0.2, 0.25) is 0 Å². The van der Waals surface area contributed by atoms with Crippen LogP contribution in [0.3, 0.4) is 0 Å². The highest BCUT2D eigenvalue weighted by Crippen LogP contribution is 2.29. The predicted octanol–water partition coefficient (Wildman–Crippen LogP) is 4.51. The van der Waals surface area contributed by atoms with E-state index in [1.807, 2.05) is 30.7 Å². The van der Waals surface area contributed by atoms with Gasteiger partial charge in [0.2, 0.25) is 0 Å². The molecule has 0 atom stereocenters. The highest BCUT2D eigenvalue weighted by molar-refractivity contribution is 7.80. The Morgan fingerprint density at radius 3 is 2.45 bits per heavy atom. The van der Waals surface area contributed by atoms with Gasteiger partial charge in [0.1, 0.15) is 17.3 Å². The maximum Gasteiger partial charge on any atom is 0.175 e. The van der Waals surface area contributed by atoms with E-state index >= 15 is 0 Å². The largest absolute Gasteiger partial charge is 0.497 e. The van der Waals surface area contributed by atoms with Crippen LogP contribution in [0.25, 0.3) is 0 Å². The normalized spacial score (nSPS) is 10.5. The molecule has 0 saturated carbocycles. The molecule has 0 saturated heterocycles. The number of aromatic nitrogens is 2. The molecule has 152 valence electrons. The molecule has 0 aliphatic rings. The van der Waals surface area contributed by atoms with Crippen molar-refractivity contribution in [2.75, 3.05) is 24.9 Å². The minimum absolute atomic E-state index is 0.256. The van der Waals surface area contributed by atoms with E-state index in [2.05, 4.69) is 15.7 Å². The van der Waals surface area contributed by atoms with Gasteiger partial charge in [-0.2, -0.15) is 5.10 Å². The van der Waals surface area contributed by atoms with Gasteiger partial charge in [-0.3, -0.25) is 4.68 Å². The molecule has 0 fully saturated rings. The third-order valence-electron chi connectivity index (χ3n) is 4.52. The lowest BCUT2D eigenvalue weighted by molar-refractivity contribution is 0.405. The van der Waals surface area contributed by atoms with Gasteiger partial charge in [0, 0.05) is 6.07 Å². The highest BCUT2D eigenvalue weighted by Gasteiger charge is 2.14. The Morgan fingerprint density at radius 1 is 1.07 bits per heavy atom. The van der Waals surface area contributed by atoms with Crippen molar-refractivity contribution >= 4 is 28.7 Å². The Labute approximate surface area is 174 Å². The number of hydrogen-bond acceptors (Lipinski definition) is 4. The number of nitrogens with one attached hydrogen (secondary N) is 2. The number of hydrogen-bond donors (Lipinski definition) is 2. The summed E-state index contributed by atoms with van der Waals surface area (Å²) < 4.78 is 25.6. The van der Waals surface area contributed by atoms with Crippen molar-refractivity contribution in [3.63, 3.8) is 0 Å². The number of ether oxygens (including phenoxy) is 2. The molecule has 0 radical (unpaired) electrons. The van der Waals surface area contributed by atoms with Crippen LogP contribution in [0, 0.1) is 19.7 Å². The van der Waals surface area contributed by atoms with E-state index in [1.54, 1.807) is 32.4 Å². The molecular formula is C21H23FN4O2S. The van der Waals surface area contributed by atoms with Gasteiger partial charge in [-0.1, -0.05) is 12.1 Å². The van der Waals surface area contributed by atoms with Crippen molar-refractivity contribution in [2.24, 2.45) is 0 Å². The van der Waals surface area contributed by atoms with Gasteiger partial charge in [-0.05, 0) is 55.9 Å². The van der Waals surface area contributed by atoms with Crippen molar-refractivity contribution in [3.05, 3.63) is 65.2 Å². The van der Waals surface area contributed by atoms with Crippen molar-refractivity contribution in [1.82, 2.24) is 9.78 Å². The fourth-order valence-corrected chi connectivity index (χ4v) is 3.19. The summed E-state index contributed by atoms with van der Waals surface area (Å²) in [5, 5.41) is 11.3. The van der Waals surface area contributed by atoms with E-state index in [-0.39, 0.29) is 5.82 Å². The summed E-state index contributed by atoms with van der Waals surface area (Å²) in [5.41, 5.74) is 4.22. The number of halogens is 1. The quantitative estimate of drug-likeness (QED) is 0.579. The topological polar surface area (TPSA) is 60.3 Å². The summed E-state index contributed by atoms with van der Waals surface area (Å²) in [7, 11) is 3.20. The highest BCUT2D eigenvalue weighted by atomic mass is 32.1. The molecule has 2 N–H and O–H groups in total. The van der Waals surface area contributed by atoms with Crippen LogP contribution in [0.1, 0.15) is 17.0 Å². The molecule has 1 aromatic heterocycles. The minimum Gasteiger partial charge on any atom is -0.497 e. The van der Waals surface area contributed by atoms with Crippen LogP contribution in [0.5, 0.6) is 11.5 Å². The lowest BCUT2D eigenvalue weighted by atomic mass is 10.2. The van der Waals surface area contributed by atoms with E-state index in [9.17, 15) is 4.39 Å². The molecule has 1 heterocycles. The zero-order valence-corrected chi connectivity index (χ0v) is 17.6. The van der Waals surface area contributed by atoms with E-state index in [4.69, 9.17) is 21.7 Å². The van der Waals surface area contributed by atoms with Crippen molar-refractivity contribution < 1.29 is 13.9 Å². The predicted molar refractivity (Wildman–Crippen MR) is 117 cm³/mol. The second-order valence-corrected chi connectivity index (χ2v) is 6.88. The Balaban J connectivity index is 1.76. The number of benzene rings is 2. The van der Waals surface area contributed by atoms with Gasteiger partial charge < -0.3 is 20.1 Å². The van der Waals surface area contributed by atoms with E-state index < -0.39 is 0 Å². The summed E-state index contributed by atoms with van der Waals surface area (Å²) in [6, 6.07) is 11.8. The van der Waals surface area contributed by atoms with E-state index in [0.717, 1.165) is 22.6 Å². The number of methoxy groups -OCH3 is 2. The van der Waals surface area contributed by atoms with Crippen molar-refractivity contribution in [1.29, 1.82) is 0 Å². The first-order valence-electron chi connectivity index (χ1n) is 8.99. The van der Waals surface area contributed by atoms with Crippen LogP contribution in [0.15, 0.2) is 42.5 Å². The molecule has 3 rings (SSSR count). The third-order valence-corrected chi connectivity index (χ3v) is 4.72. The standard InChI is InChI=1S/C21H23FN4O2S/c1-13-20(14(2)26(25-13)12-15-5-7-16(22)8-6-15)24-21(29)23-18-11-17(27-3)9-10-19(18)28-4/h5-11H,12H2,1-4H3,(H2,23,24,29). The Bertz CT molecular complexity index is 1020. The smallest absolute Gasteiger partial charge is 0.175 e. The molecule has 3 aromatic rings. The first-order valence-corrected chi connectivity index (χ1v) is 9.40. The van der Waals surface area contributed by atoms with Gasteiger partial charge in [0.15, 0.2) is 5.11 Å². The lowest BCUT2D eigenvalue weighted by Gasteiger charge is -2.15.